The van der Waals surface area contributed by atoms with Crippen molar-refractivity contribution < 1.29 is 4.42 Å². The van der Waals surface area contributed by atoms with Crippen molar-refractivity contribution in [3.8, 4) is 0 Å². The second-order valence-corrected chi connectivity index (χ2v) is 5.70. The maximum absolute atomic E-state index is 5.58. The van der Waals surface area contributed by atoms with Crippen LogP contribution in [0.3, 0.4) is 0 Å². The first-order chi connectivity index (χ1) is 8.66. The molecule has 0 spiro atoms. The van der Waals surface area contributed by atoms with E-state index in [4.69, 9.17) is 4.42 Å². The van der Waals surface area contributed by atoms with Gasteiger partial charge < -0.3 is 9.73 Å². The van der Waals surface area contributed by atoms with Gasteiger partial charge in [-0.2, -0.15) is 0 Å². The summed E-state index contributed by atoms with van der Waals surface area (Å²) in [6.07, 6.45) is 2.72. The number of hydrogen-bond acceptors (Lipinski definition) is 3. The smallest absolute Gasteiger partial charge is 0.117 e. The van der Waals surface area contributed by atoms with Gasteiger partial charge in [0, 0.05) is 12.6 Å². The second-order valence-electron chi connectivity index (χ2n) is 5.70. The van der Waals surface area contributed by atoms with Gasteiger partial charge in [0.25, 0.3) is 0 Å². The molecule has 0 bridgehead atoms. The van der Waals surface area contributed by atoms with Crippen LogP contribution in [0.2, 0.25) is 0 Å². The Kier molecular flexibility index (Phi) is 4.84. The standard InChI is InChI=1S/C15H26N2O/c1-12(2)15(17-8-4-5-9-17)11-16-10-14-7-6-13(3)18-14/h6-7,12,15-16H,4-5,8-11H2,1-3H3. The van der Waals surface area contributed by atoms with E-state index in [-0.39, 0.29) is 0 Å². The Bertz CT molecular complexity index is 353. The summed E-state index contributed by atoms with van der Waals surface area (Å²) in [5.74, 6) is 2.73. The highest BCUT2D eigenvalue weighted by atomic mass is 16.3. The molecule has 3 nitrogen and oxygen atoms in total. The van der Waals surface area contributed by atoms with E-state index in [0.29, 0.717) is 12.0 Å². The van der Waals surface area contributed by atoms with Crippen molar-refractivity contribution in [2.75, 3.05) is 19.6 Å². The average molecular weight is 250 g/mol. The molecule has 0 amide bonds. The van der Waals surface area contributed by atoms with Crippen molar-refractivity contribution in [2.45, 2.75) is 46.2 Å². The van der Waals surface area contributed by atoms with Gasteiger partial charge in [0.15, 0.2) is 0 Å². The molecule has 1 atom stereocenters. The first-order valence-electron chi connectivity index (χ1n) is 7.17. The highest BCUT2D eigenvalue weighted by molar-refractivity contribution is 5.05. The van der Waals surface area contributed by atoms with E-state index < -0.39 is 0 Å². The number of nitrogens with one attached hydrogen (secondary N) is 1. The van der Waals surface area contributed by atoms with E-state index in [2.05, 4.69) is 30.1 Å². The first kappa shape index (κ1) is 13.6. The minimum atomic E-state index is 0.656. The van der Waals surface area contributed by atoms with E-state index in [0.717, 1.165) is 24.6 Å². The minimum absolute atomic E-state index is 0.656. The van der Waals surface area contributed by atoms with Crippen LogP contribution >= 0.6 is 0 Å². The summed E-state index contributed by atoms with van der Waals surface area (Å²) in [5, 5.41) is 3.54. The summed E-state index contributed by atoms with van der Waals surface area (Å²) in [4.78, 5) is 2.63. The van der Waals surface area contributed by atoms with Crippen molar-refractivity contribution in [3.63, 3.8) is 0 Å². The van der Waals surface area contributed by atoms with E-state index in [1.807, 2.05) is 13.0 Å². The Balaban J connectivity index is 1.78. The van der Waals surface area contributed by atoms with E-state index >= 15 is 0 Å². The van der Waals surface area contributed by atoms with Gasteiger partial charge in [-0.15, -0.1) is 0 Å². The molecular weight excluding hydrogens is 224 g/mol. The molecule has 1 saturated heterocycles. The summed E-state index contributed by atoms with van der Waals surface area (Å²) in [6.45, 7) is 11.1. The van der Waals surface area contributed by atoms with Crippen LogP contribution < -0.4 is 5.32 Å². The quantitative estimate of drug-likeness (QED) is 0.841. The third kappa shape index (κ3) is 3.59. The third-order valence-corrected chi connectivity index (χ3v) is 3.83. The SMILES string of the molecule is Cc1ccc(CNCC(C(C)C)N2CCCC2)o1. The Morgan fingerprint density at radius 2 is 2.00 bits per heavy atom. The van der Waals surface area contributed by atoms with Crippen LogP contribution in [0, 0.1) is 12.8 Å². The lowest BCUT2D eigenvalue weighted by molar-refractivity contribution is 0.185. The molecule has 1 aliphatic rings. The number of furan rings is 1. The summed E-state index contributed by atoms with van der Waals surface area (Å²) in [7, 11) is 0. The molecule has 0 aromatic carbocycles. The zero-order valence-corrected chi connectivity index (χ0v) is 11.9. The van der Waals surface area contributed by atoms with E-state index in [1.54, 1.807) is 0 Å². The van der Waals surface area contributed by atoms with E-state index in [9.17, 15) is 0 Å². The first-order valence-corrected chi connectivity index (χ1v) is 7.17. The molecular formula is C15H26N2O. The van der Waals surface area contributed by atoms with Crippen molar-refractivity contribution in [2.24, 2.45) is 5.92 Å². The number of hydrogen-bond donors (Lipinski definition) is 1. The van der Waals surface area contributed by atoms with Crippen LogP contribution in [0.1, 0.15) is 38.2 Å². The largest absolute Gasteiger partial charge is 0.465 e. The second kappa shape index (κ2) is 6.39. The van der Waals surface area contributed by atoms with Crippen LogP contribution in [-0.2, 0) is 6.54 Å². The molecule has 2 heterocycles. The van der Waals surface area contributed by atoms with Gasteiger partial charge in [-0.3, -0.25) is 4.90 Å². The topological polar surface area (TPSA) is 28.4 Å². The molecule has 1 aromatic heterocycles. The minimum Gasteiger partial charge on any atom is -0.465 e. The molecule has 1 fully saturated rings. The highest BCUT2D eigenvalue weighted by Crippen LogP contribution is 2.17. The fourth-order valence-electron chi connectivity index (χ4n) is 2.78. The lowest BCUT2D eigenvalue weighted by Crippen LogP contribution is -2.44. The molecule has 1 N–H and O–H groups in total. The van der Waals surface area contributed by atoms with Crippen LogP contribution in [0.5, 0.6) is 0 Å². The Labute approximate surface area is 111 Å². The van der Waals surface area contributed by atoms with Gasteiger partial charge >= 0.3 is 0 Å². The van der Waals surface area contributed by atoms with Crippen LogP contribution in [0.15, 0.2) is 16.5 Å². The highest BCUT2D eigenvalue weighted by Gasteiger charge is 2.23. The average Bonchev–Trinajstić information content (AvgIpc) is 2.95. The summed E-state index contributed by atoms with van der Waals surface area (Å²) in [5.41, 5.74) is 0. The number of aryl methyl sites for hydroxylation is 1. The van der Waals surface area contributed by atoms with Crippen molar-refractivity contribution in [3.05, 3.63) is 23.7 Å². The monoisotopic (exact) mass is 250 g/mol. The molecule has 0 aliphatic carbocycles. The number of nitrogens with zero attached hydrogens (tertiary/aromatic N) is 1. The fraction of sp³-hybridized carbons (Fsp3) is 0.733. The van der Waals surface area contributed by atoms with Crippen molar-refractivity contribution in [1.29, 1.82) is 0 Å². The molecule has 0 saturated carbocycles. The lowest BCUT2D eigenvalue weighted by Gasteiger charge is -2.31. The summed E-state index contributed by atoms with van der Waals surface area (Å²) < 4.78 is 5.58. The van der Waals surface area contributed by atoms with Gasteiger partial charge in [-0.05, 0) is 50.9 Å². The van der Waals surface area contributed by atoms with Gasteiger partial charge in [-0.1, -0.05) is 13.8 Å². The van der Waals surface area contributed by atoms with Gasteiger partial charge in [0.2, 0.25) is 0 Å². The van der Waals surface area contributed by atoms with Gasteiger partial charge in [0.1, 0.15) is 11.5 Å². The summed E-state index contributed by atoms with van der Waals surface area (Å²) >= 11 is 0. The van der Waals surface area contributed by atoms with Crippen molar-refractivity contribution >= 4 is 0 Å². The maximum atomic E-state index is 5.58. The van der Waals surface area contributed by atoms with Gasteiger partial charge in [0.05, 0.1) is 6.54 Å². The van der Waals surface area contributed by atoms with Crippen LogP contribution in [-0.4, -0.2) is 30.6 Å². The zero-order chi connectivity index (χ0) is 13.0. The maximum Gasteiger partial charge on any atom is 0.117 e. The van der Waals surface area contributed by atoms with Crippen LogP contribution in [0.25, 0.3) is 0 Å². The fourth-order valence-corrected chi connectivity index (χ4v) is 2.78. The number of rotatable bonds is 6. The Morgan fingerprint density at radius 3 is 2.56 bits per heavy atom. The molecule has 18 heavy (non-hydrogen) atoms. The molecule has 3 heteroatoms. The molecule has 0 radical (unpaired) electrons. The van der Waals surface area contributed by atoms with E-state index in [1.165, 1.54) is 25.9 Å². The lowest BCUT2D eigenvalue weighted by atomic mass is 10.0. The Morgan fingerprint density at radius 1 is 1.28 bits per heavy atom. The van der Waals surface area contributed by atoms with Crippen molar-refractivity contribution in [1.82, 2.24) is 10.2 Å². The predicted octanol–water partition coefficient (Wildman–Crippen LogP) is 2.80. The Hall–Kier alpha value is -0.800. The predicted molar refractivity (Wildman–Crippen MR) is 74.6 cm³/mol. The number of likely N-dealkylation sites (tertiary alicyclic amines) is 1. The summed E-state index contributed by atoms with van der Waals surface area (Å²) in [6, 6.07) is 4.74. The molecule has 102 valence electrons. The molecule has 1 unspecified atom stereocenters. The zero-order valence-electron chi connectivity index (χ0n) is 11.9. The van der Waals surface area contributed by atoms with Gasteiger partial charge in [-0.25, -0.2) is 0 Å². The molecule has 2 rings (SSSR count). The molecule has 1 aromatic rings. The van der Waals surface area contributed by atoms with Crippen LogP contribution in [0.4, 0.5) is 0 Å². The molecule has 1 aliphatic heterocycles. The normalized spacial score (nSPS) is 18.7. The third-order valence-electron chi connectivity index (χ3n) is 3.83.